The number of aromatic amines is 1. The molecule has 1 unspecified atom stereocenters. The van der Waals surface area contributed by atoms with Crippen molar-refractivity contribution in [3.8, 4) is 0 Å². The predicted octanol–water partition coefficient (Wildman–Crippen LogP) is 4.98. The topological polar surface area (TPSA) is 88.8 Å². The smallest absolute Gasteiger partial charge is 0.268 e. The summed E-state index contributed by atoms with van der Waals surface area (Å²) in [6.07, 6.45) is 9.12. The number of nitrogens with one attached hydrogen (secondary N) is 1. The van der Waals surface area contributed by atoms with Crippen LogP contribution in [0, 0.1) is 30.4 Å². The van der Waals surface area contributed by atoms with Crippen LogP contribution in [0.2, 0.25) is 0 Å². The van der Waals surface area contributed by atoms with Gasteiger partial charge in [0, 0.05) is 18.0 Å². The third kappa shape index (κ3) is 4.71. The lowest BCUT2D eigenvalue weighted by atomic mass is 9.77. The highest BCUT2D eigenvalue weighted by Crippen LogP contribution is 2.47. The molecule has 5 rings (SSSR count). The van der Waals surface area contributed by atoms with Gasteiger partial charge in [0.1, 0.15) is 5.69 Å². The number of aryl methyl sites for hydroxylation is 1. The fraction of sp³-hybridized carbons (Fsp3) is 0.400. The summed E-state index contributed by atoms with van der Waals surface area (Å²) < 4.78 is 24.6. The number of halogens is 2. The van der Waals surface area contributed by atoms with Crippen molar-refractivity contribution in [2.45, 2.75) is 51.4 Å². The third-order valence-corrected chi connectivity index (χ3v) is 6.58. The van der Waals surface area contributed by atoms with E-state index in [2.05, 4.69) is 9.97 Å². The van der Waals surface area contributed by atoms with Crippen LogP contribution in [0.4, 0.5) is 8.78 Å². The molecule has 2 fully saturated rings. The van der Waals surface area contributed by atoms with Crippen molar-refractivity contribution in [3.05, 3.63) is 75.3 Å². The second-order valence-electron chi connectivity index (χ2n) is 8.87. The number of carbonyl (C=O) groups is 1. The summed E-state index contributed by atoms with van der Waals surface area (Å²) >= 11 is 0. The maximum Gasteiger partial charge on any atom is 0.268 e. The molecule has 5 nitrogen and oxygen atoms in total. The van der Waals surface area contributed by atoms with E-state index in [1.165, 1.54) is 57.4 Å². The second-order valence-corrected chi connectivity index (χ2v) is 8.87. The van der Waals surface area contributed by atoms with Gasteiger partial charge in [0.05, 0.1) is 10.9 Å². The zero-order chi connectivity index (χ0) is 22.8. The number of amides is 1. The normalized spacial score (nSPS) is 20.5. The molecule has 2 heterocycles. The largest absolute Gasteiger partial charge is 0.364 e. The van der Waals surface area contributed by atoms with Gasteiger partial charge in [-0.05, 0) is 68.1 Å². The molecule has 1 aromatic carbocycles. The first-order valence-corrected chi connectivity index (χ1v) is 11.1. The van der Waals surface area contributed by atoms with E-state index in [1.54, 1.807) is 12.1 Å². The number of fused-ring (bicyclic) bond motifs is 1. The summed E-state index contributed by atoms with van der Waals surface area (Å²) in [7, 11) is 0. The number of aromatic nitrogens is 2. The Morgan fingerprint density at radius 1 is 1.12 bits per heavy atom. The average Bonchev–Trinajstić information content (AvgIpc) is 3.63. The number of hydrogen-bond acceptors (Lipinski definition) is 3. The standard InChI is InChI=1S/C18H21N3O2.C7H6F2/c19-18(23)17-16-13(6-7-20-17)21-14(9-15(16)22)12-3-1-2-11(8-12)10-4-5-10;1-5-3-2-4-6(8)7(5)9/h6-7,9-12H,1-5,8H2,(H2,19,23)(H,21,22);2-4H,1H3/t11?,12-;/m0./s1. The Morgan fingerprint density at radius 2 is 1.91 bits per heavy atom. The molecule has 2 atom stereocenters. The second kappa shape index (κ2) is 9.18. The maximum atomic E-state index is 12.5. The van der Waals surface area contributed by atoms with Gasteiger partial charge >= 0.3 is 0 Å². The molecule has 168 valence electrons. The average molecular weight is 440 g/mol. The first-order valence-electron chi connectivity index (χ1n) is 11.1. The molecule has 0 bridgehead atoms. The first kappa shape index (κ1) is 22.1. The zero-order valence-electron chi connectivity index (χ0n) is 18.0. The van der Waals surface area contributed by atoms with Gasteiger partial charge in [-0.25, -0.2) is 8.78 Å². The van der Waals surface area contributed by atoms with E-state index in [-0.39, 0.29) is 11.1 Å². The predicted molar refractivity (Wildman–Crippen MR) is 119 cm³/mol. The number of hydrogen-bond donors (Lipinski definition) is 2. The molecule has 0 saturated heterocycles. The van der Waals surface area contributed by atoms with Crippen molar-refractivity contribution < 1.29 is 13.6 Å². The number of nitrogens with two attached hydrogens (primary N) is 1. The van der Waals surface area contributed by atoms with Gasteiger partial charge in [0.25, 0.3) is 5.91 Å². The molecule has 0 spiro atoms. The number of pyridine rings is 2. The highest BCUT2D eigenvalue weighted by atomic mass is 19.2. The van der Waals surface area contributed by atoms with E-state index in [1.807, 2.05) is 0 Å². The molecule has 3 N–H and O–H groups in total. The van der Waals surface area contributed by atoms with Crippen molar-refractivity contribution in [3.63, 3.8) is 0 Å². The molecule has 2 aromatic heterocycles. The lowest BCUT2D eigenvalue weighted by Crippen LogP contribution is -2.20. The minimum Gasteiger partial charge on any atom is -0.364 e. The molecule has 3 aromatic rings. The Bertz CT molecular complexity index is 1180. The number of benzene rings is 1. The number of primary amides is 1. The number of rotatable bonds is 3. The Labute approximate surface area is 185 Å². The maximum absolute atomic E-state index is 12.5. The Hall–Kier alpha value is -3.09. The molecule has 2 aliphatic rings. The summed E-state index contributed by atoms with van der Waals surface area (Å²) in [5, 5.41) is 0.304. The Balaban J connectivity index is 0.000000230. The quantitative estimate of drug-likeness (QED) is 0.603. The van der Waals surface area contributed by atoms with Crippen molar-refractivity contribution >= 4 is 16.8 Å². The van der Waals surface area contributed by atoms with Crippen molar-refractivity contribution in [1.82, 2.24) is 9.97 Å². The Kier molecular flexibility index (Phi) is 6.35. The summed E-state index contributed by atoms with van der Waals surface area (Å²) in [4.78, 5) is 31.3. The minimum atomic E-state index is -0.782. The van der Waals surface area contributed by atoms with E-state index in [0.717, 1.165) is 30.0 Å². The van der Waals surface area contributed by atoms with Crippen LogP contribution in [0.3, 0.4) is 0 Å². The van der Waals surface area contributed by atoms with Crippen molar-refractivity contribution in [2.24, 2.45) is 17.6 Å². The van der Waals surface area contributed by atoms with E-state index in [9.17, 15) is 18.4 Å². The lowest BCUT2D eigenvalue weighted by molar-refractivity contribution is 0.0997. The molecule has 0 radical (unpaired) electrons. The van der Waals surface area contributed by atoms with Gasteiger partial charge in [-0.3, -0.25) is 14.6 Å². The van der Waals surface area contributed by atoms with E-state index in [4.69, 9.17) is 5.73 Å². The molecule has 2 aliphatic carbocycles. The summed E-state index contributed by atoms with van der Waals surface area (Å²) in [6.45, 7) is 1.53. The first-order chi connectivity index (χ1) is 15.3. The monoisotopic (exact) mass is 439 g/mol. The van der Waals surface area contributed by atoms with E-state index >= 15 is 0 Å². The number of nitrogens with zero attached hydrogens (tertiary/aromatic N) is 1. The molecule has 32 heavy (non-hydrogen) atoms. The van der Waals surface area contributed by atoms with Crippen LogP contribution in [0.5, 0.6) is 0 Å². The van der Waals surface area contributed by atoms with Gasteiger partial charge in [0.2, 0.25) is 0 Å². The minimum absolute atomic E-state index is 0.0507. The van der Waals surface area contributed by atoms with Crippen molar-refractivity contribution in [1.29, 1.82) is 0 Å². The number of carbonyl (C=O) groups excluding carboxylic acids is 1. The van der Waals surface area contributed by atoms with Gasteiger partial charge in [-0.15, -0.1) is 0 Å². The van der Waals surface area contributed by atoms with Crippen LogP contribution < -0.4 is 11.2 Å². The van der Waals surface area contributed by atoms with Gasteiger partial charge < -0.3 is 10.7 Å². The van der Waals surface area contributed by atoms with E-state index in [0.29, 0.717) is 22.4 Å². The van der Waals surface area contributed by atoms with Crippen molar-refractivity contribution in [2.75, 3.05) is 0 Å². The molecule has 2 saturated carbocycles. The van der Waals surface area contributed by atoms with Crippen LogP contribution in [0.15, 0.2) is 41.3 Å². The fourth-order valence-electron chi connectivity index (χ4n) is 4.74. The molecule has 1 amide bonds. The van der Waals surface area contributed by atoms with Gasteiger partial charge in [-0.2, -0.15) is 0 Å². The molecular formula is C25H27F2N3O2. The molecule has 0 aliphatic heterocycles. The summed E-state index contributed by atoms with van der Waals surface area (Å²) in [5.41, 5.74) is 7.22. The summed E-state index contributed by atoms with van der Waals surface area (Å²) in [6, 6.07) is 7.50. The lowest BCUT2D eigenvalue weighted by Gasteiger charge is -2.29. The highest BCUT2D eigenvalue weighted by molar-refractivity contribution is 6.03. The van der Waals surface area contributed by atoms with Crippen LogP contribution in [0.1, 0.15) is 66.2 Å². The van der Waals surface area contributed by atoms with Gasteiger partial charge in [-0.1, -0.05) is 25.0 Å². The third-order valence-electron chi connectivity index (χ3n) is 6.58. The Morgan fingerprint density at radius 3 is 2.56 bits per heavy atom. The van der Waals surface area contributed by atoms with Crippen LogP contribution >= 0.6 is 0 Å². The summed E-state index contributed by atoms with van der Waals surface area (Å²) in [5.74, 6) is -0.0633. The fourth-order valence-corrected chi connectivity index (χ4v) is 4.74. The molecular weight excluding hydrogens is 412 g/mol. The molecule has 7 heteroatoms. The van der Waals surface area contributed by atoms with Crippen LogP contribution in [-0.2, 0) is 0 Å². The zero-order valence-corrected chi connectivity index (χ0v) is 18.0. The van der Waals surface area contributed by atoms with Crippen LogP contribution in [0.25, 0.3) is 10.9 Å². The van der Waals surface area contributed by atoms with Gasteiger partial charge in [0.15, 0.2) is 17.1 Å². The van der Waals surface area contributed by atoms with E-state index < -0.39 is 17.5 Å². The SMILES string of the molecule is Cc1cccc(F)c1F.NC(=O)c1nccc2[nH]c([C@H]3CCCC(C4CC4)C3)cc(=O)c12. The highest BCUT2D eigenvalue weighted by Gasteiger charge is 2.35. The number of H-pyrrole nitrogens is 1. The van der Waals surface area contributed by atoms with Crippen LogP contribution in [-0.4, -0.2) is 15.9 Å².